The van der Waals surface area contributed by atoms with Gasteiger partial charge in [0.15, 0.2) is 6.10 Å². The van der Waals surface area contributed by atoms with Crippen LogP contribution in [-0.2, 0) is 14.1 Å². The molecule has 0 saturated carbocycles. The second-order valence-corrected chi connectivity index (χ2v) is 3.39. The molecule has 0 saturated heterocycles. The van der Waals surface area contributed by atoms with Gasteiger partial charge < -0.3 is 14.4 Å². The van der Waals surface area contributed by atoms with Crippen LogP contribution < -0.4 is 5.46 Å². The summed E-state index contributed by atoms with van der Waals surface area (Å²) in [7, 11) is -0.864. The van der Waals surface area contributed by atoms with Crippen molar-refractivity contribution in [3.63, 3.8) is 0 Å². The van der Waals surface area contributed by atoms with E-state index in [4.69, 9.17) is 19.7 Å². The first-order valence-corrected chi connectivity index (χ1v) is 4.92. The third-order valence-corrected chi connectivity index (χ3v) is 2.30. The van der Waals surface area contributed by atoms with E-state index in [2.05, 4.69) is 0 Å². The first-order chi connectivity index (χ1) is 8.22. The summed E-state index contributed by atoms with van der Waals surface area (Å²) in [6, 6.07) is 8.75. The van der Waals surface area contributed by atoms with Gasteiger partial charge in [0.05, 0.1) is 17.9 Å². The average Bonchev–Trinajstić information content (AvgIpc) is 2.39. The second-order valence-electron chi connectivity index (χ2n) is 3.39. The van der Waals surface area contributed by atoms with E-state index >= 15 is 0 Å². The van der Waals surface area contributed by atoms with Gasteiger partial charge in [0, 0.05) is 5.46 Å². The summed E-state index contributed by atoms with van der Waals surface area (Å²) >= 11 is 0. The fourth-order valence-electron chi connectivity index (χ4n) is 1.49. The average molecular weight is 229 g/mol. The van der Waals surface area contributed by atoms with Crippen molar-refractivity contribution in [2.24, 2.45) is 0 Å². The lowest BCUT2D eigenvalue weighted by molar-refractivity contribution is -0.143. The molecule has 1 N–H and O–H groups in total. The molecule has 6 heteroatoms. The van der Waals surface area contributed by atoms with Crippen molar-refractivity contribution in [2.75, 3.05) is 0 Å². The number of carbonyl (C=O) groups is 1. The summed E-state index contributed by atoms with van der Waals surface area (Å²) in [5.74, 6) is -1.09. The normalized spacial score (nSPS) is 18.3. The Balaban J connectivity index is 2.27. The van der Waals surface area contributed by atoms with Gasteiger partial charge in [-0.05, 0) is 12.1 Å². The molecule has 1 atom stereocenters. The van der Waals surface area contributed by atoms with E-state index in [1.54, 1.807) is 24.3 Å². The number of carboxylic acid groups (broad SMARTS) is 1. The van der Waals surface area contributed by atoms with Crippen LogP contribution in [0, 0.1) is 11.3 Å². The molecule has 1 heterocycles. The number of aliphatic carboxylic acids is 1. The molecule has 5 nitrogen and oxygen atoms in total. The summed E-state index contributed by atoms with van der Waals surface area (Å²) in [4.78, 5) is 10.8. The SMILES string of the molecule is N#Cc1ccccc1B1OC=CC(C(=O)O)O1. The maximum Gasteiger partial charge on any atom is 0.564 e. The Morgan fingerprint density at radius 1 is 1.47 bits per heavy atom. The van der Waals surface area contributed by atoms with Crippen LogP contribution in [0.15, 0.2) is 36.6 Å². The highest BCUT2D eigenvalue weighted by Crippen LogP contribution is 2.09. The van der Waals surface area contributed by atoms with Gasteiger partial charge in [0.25, 0.3) is 0 Å². The van der Waals surface area contributed by atoms with Crippen LogP contribution in [0.25, 0.3) is 0 Å². The maximum absolute atomic E-state index is 10.8. The van der Waals surface area contributed by atoms with Crippen molar-refractivity contribution in [1.29, 1.82) is 5.26 Å². The van der Waals surface area contributed by atoms with Crippen LogP contribution in [0.5, 0.6) is 0 Å². The highest BCUT2D eigenvalue weighted by Gasteiger charge is 2.33. The Bertz CT molecular complexity index is 508. The van der Waals surface area contributed by atoms with E-state index in [0.29, 0.717) is 11.0 Å². The Morgan fingerprint density at radius 3 is 2.94 bits per heavy atom. The van der Waals surface area contributed by atoms with Gasteiger partial charge in [-0.15, -0.1) is 0 Å². The largest absolute Gasteiger partial charge is 0.564 e. The number of carboxylic acids is 1. The number of nitrogens with zero attached hydrogens (tertiary/aromatic N) is 1. The molecule has 0 spiro atoms. The van der Waals surface area contributed by atoms with Crippen LogP contribution in [0.3, 0.4) is 0 Å². The van der Waals surface area contributed by atoms with Crippen molar-refractivity contribution in [2.45, 2.75) is 6.10 Å². The lowest BCUT2D eigenvalue weighted by Crippen LogP contribution is -2.44. The van der Waals surface area contributed by atoms with Crippen LogP contribution in [0.4, 0.5) is 0 Å². The molecular weight excluding hydrogens is 221 g/mol. The Labute approximate surface area is 98.0 Å². The lowest BCUT2D eigenvalue weighted by atomic mass is 9.75. The van der Waals surface area contributed by atoms with Crippen molar-refractivity contribution < 1.29 is 19.2 Å². The molecule has 1 aromatic rings. The number of hydrogen-bond acceptors (Lipinski definition) is 4. The predicted octanol–water partition coefficient (Wildman–Crippen LogP) is 0.267. The zero-order valence-corrected chi connectivity index (χ0v) is 8.74. The summed E-state index contributed by atoms with van der Waals surface area (Å²) in [5.41, 5.74) is 0.919. The van der Waals surface area contributed by atoms with Crippen LogP contribution in [0.1, 0.15) is 5.56 Å². The molecule has 0 radical (unpaired) electrons. The first-order valence-electron chi connectivity index (χ1n) is 4.92. The second kappa shape index (κ2) is 4.72. The van der Waals surface area contributed by atoms with Crippen molar-refractivity contribution >= 4 is 18.6 Å². The van der Waals surface area contributed by atoms with Crippen molar-refractivity contribution in [3.05, 3.63) is 42.2 Å². The summed E-state index contributed by atoms with van der Waals surface area (Å²) in [6.45, 7) is 0. The van der Waals surface area contributed by atoms with Crippen LogP contribution in [-0.4, -0.2) is 24.3 Å². The first kappa shape index (κ1) is 11.2. The molecule has 0 bridgehead atoms. The molecule has 2 rings (SSSR count). The molecule has 0 aliphatic carbocycles. The number of nitriles is 1. The van der Waals surface area contributed by atoms with Gasteiger partial charge >= 0.3 is 13.1 Å². The minimum absolute atomic E-state index is 0.400. The molecule has 17 heavy (non-hydrogen) atoms. The minimum atomic E-state index is -1.09. The van der Waals surface area contributed by atoms with Gasteiger partial charge in [-0.2, -0.15) is 5.26 Å². The van der Waals surface area contributed by atoms with Gasteiger partial charge in [-0.1, -0.05) is 18.2 Å². The summed E-state index contributed by atoms with van der Waals surface area (Å²) in [5, 5.41) is 17.8. The molecule has 0 aromatic heterocycles. The molecular formula is C11H8BNO4. The highest BCUT2D eigenvalue weighted by atomic mass is 16.6. The van der Waals surface area contributed by atoms with Gasteiger partial charge in [0.1, 0.15) is 0 Å². The fourth-order valence-corrected chi connectivity index (χ4v) is 1.49. The van der Waals surface area contributed by atoms with Crippen molar-refractivity contribution in [1.82, 2.24) is 0 Å². The minimum Gasteiger partial charge on any atom is -0.538 e. The zero-order valence-electron chi connectivity index (χ0n) is 8.74. The Morgan fingerprint density at radius 2 is 2.24 bits per heavy atom. The molecule has 1 aliphatic rings. The van der Waals surface area contributed by atoms with Crippen LogP contribution in [0.2, 0.25) is 0 Å². The third-order valence-electron chi connectivity index (χ3n) is 2.30. The lowest BCUT2D eigenvalue weighted by Gasteiger charge is -2.21. The van der Waals surface area contributed by atoms with E-state index < -0.39 is 19.2 Å². The molecule has 1 aliphatic heterocycles. The van der Waals surface area contributed by atoms with E-state index in [9.17, 15) is 4.79 Å². The molecule has 1 aromatic carbocycles. The molecule has 0 amide bonds. The Kier molecular flexibility index (Phi) is 3.12. The number of hydrogen-bond donors (Lipinski definition) is 1. The zero-order chi connectivity index (χ0) is 12.3. The number of rotatable bonds is 2. The van der Waals surface area contributed by atoms with Gasteiger partial charge in [0.2, 0.25) is 0 Å². The standard InChI is InChI=1S/C11H8BNO4/c13-7-8-3-1-2-4-9(8)12-16-6-5-10(17-12)11(14)15/h1-6,10H,(H,14,15). The van der Waals surface area contributed by atoms with E-state index in [1.807, 2.05) is 6.07 Å². The Hall–Kier alpha value is -2.26. The maximum atomic E-state index is 10.8. The predicted molar refractivity (Wildman–Crippen MR) is 59.3 cm³/mol. The number of benzene rings is 1. The highest BCUT2D eigenvalue weighted by molar-refractivity contribution is 6.62. The summed E-state index contributed by atoms with van der Waals surface area (Å²) in [6.07, 6.45) is 1.52. The third kappa shape index (κ3) is 2.29. The quantitative estimate of drug-likeness (QED) is 0.736. The smallest absolute Gasteiger partial charge is 0.538 e. The van der Waals surface area contributed by atoms with E-state index in [1.165, 1.54) is 12.3 Å². The fraction of sp³-hybridized carbons (Fsp3) is 0.0909. The molecule has 0 fully saturated rings. The van der Waals surface area contributed by atoms with Crippen LogP contribution >= 0.6 is 0 Å². The topological polar surface area (TPSA) is 79.5 Å². The van der Waals surface area contributed by atoms with Gasteiger partial charge in [-0.3, -0.25) is 0 Å². The molecule has 1 unspecified atom stereocenters. The monoisotopic (exact) mass is 229 g/mol. The van der Waals surface area contributed by atoms with E-state index in [-0.39, 0.29) is 0 Å². The summed E-state index contributed by atoms with van der Waals surface area (Å²) < 4.78 is 10.4. The van der Waals surface area contributed by atoms with Gasteiger partial charge in [-0.25, -0.2) is 4.79 Å². The van der Waals surface area contributed by atoms with E-state index in [0.717, 1.165) is 0 Å². The van der Waals surface area contributed by atoms with Crippen molar-refractivity contribution in [3.8, 4) is 6.07 Å². The molecule has 84 valence electrons.